The number of carbonyl (C=O) groups excluding carboxylic acids is 1. The number of aliphatic hydroxyl groups excluding tert-OH is 1. The molecule has 7 atom stereocenters. The van der Waals surface area contributed by atoms with Crippen LogP contribution < -0.4 is 4.72 Å². The summed E-state index contributed by atoms with van der Waals surface area (Å²) >= 11 is 0. The lowest BCUT2D eigenvalue weighted by Crippen LogP contribution is -2.61. The van der Waals surface area contributed by atoms with Crippen LogP contribution in [-0.4, -0.2) is 68.0 Å². The molecule has 1 amide bonds. The molecule has 1 heterocycles. The number of nitrogens with one attached hydrogen (secondary N) is 1. The number of alkyl halides is 2. The van der Waals surface area contributed by atoms with Crippen LogP contribution in [0.15, 0.2) is 0 Å². The van der Waals surface area contributed by atoms with E-state index in [1.54, 1.807) is 4.72 Å². The smallest absolute Gasteiger partial charge is 0.304 e. The zero-order chi connectivity index (χ0) is 16.9. The second-order valence-corrected chi connectivity index (χ2v) is 8.07. The van der Waals surface area contributed by atoms with Crippen molar-refractivity contribution in [2.24, 2.45) is 11.8 Å². The molecule has 1 aliphatic heterocycles. The Labute approximate surface area is 133 Å². The predicted octanol–water partition coefficient (Wildman–Crippen LogP) is -0.486. The van der Waals surface area contributed by atoms with Gasteiger partial charge < -0.3 is 9.84 Å². The van der Waals surface area contributed by atoms with Gasteiger partial charge in [0.1, 0.15) is 12.3 Å². The average Bonchev–Trinajstić information content (AvgIpc) is 2.71. The molecule has 0 spiro atoms. The summed E-state index contributed by atoms with van der Waals surface area (Å²) in [6.07, 6.45) is -4.44. The van der Waals surface area contributed by atoms with Gasteiger partial charge >= 0.3 is 10.2 Å². The molecule has 1 saturated heterocycles. The molecule has 3 fully saturated rings. The van der Waals surface area contributed by atoms with Crippen molar-refractivity contribution in [1.82, 2.24) is 9.03 Å². The number of nitrogens with zero attached hydrogens (tertiary/aromatic N) is 1. The Morgan fingerprint density at radius 2 is 2.00 bits per heavy atom. The van der Waals surface area contributed by atoms with Crippen LogP contribution >= 0.6 is 0 Å². The van der Waals surface area contributed by atoms with E-state index in [1.807, 2.05) is 0 Å². The standard InChI is InChI=1S/C13H20F2N2O5S/c1-22-8-3-2-6-4-7(18)13(12(15)10(6)11(8)14)17-5-9(19)16-23(17,20)21/h6-8,10-13,18H,2-5H2,1H3,(H,16,19). The summed E-state index contributed by atoms with van der Waals surface area (Å²) in [5.74, 6) is -2.21. The Morgan fingerprint density at radius 1 is 1.30 bits per heavy atom. The van der Waals surface area contributed by atoms with Gasteiger partial charge in [0.25, 0.3) is 0 Å². The second kappa shape index (κ2) is 5.91. The van der Waals surface area contributed by atoms with Gasteiger partial charge in [0.2, 0.25) is 5.91 Å². The van der Waals surface area contributed by atoms with Crippen molar-refractivity contribution >= 4 is 16.1 Å². The van der Waals surface area contributed by atoms with Gasteiger partial charge in [0.15, 0.2) is 0 Å². The van der Waals surface area contributed by atoms with E-state index in [2.05, 4.69) is 0 Å². The molecule has 132 valence electrons. The van der Waals surface area contributed by atoms with Gasteiger partial charge in [-0.25, -0.2) is 13.5 Å². The first-order chi connectivity index (χ1) is 10.8. The SMILES string of the molecule is COC1CCC2CC(O)C(N3CC(=O)NS3(=O)=O)C(F)C2C1F. The van der Waals surface area contributed by atoms with Gasteiger partial charge in [-0.1, -0.05) is 0 Å². The third-order valence-electron chi connectivity index (χ3n) is 5.21. The Morgan fingerprint density at radius 3 is 2.57 bits per heavy atom. The summed E-state index contributed by atoms with van der Waals surface area (Å²) < 4.78 is 60.9. The Hall–Kier alpha value is -0.840. The highest BCUT2D eigenvalue weighted by molar-refractivity contribution is 7.88. The molecule has 0 bridgehead atoms. The Balaban J connectivity index is 1.89. The van der Waals surface area contributed by atoms with Gasteiger partial charge in [-0.15, -0.1) is 0 Å². The van der Waals surface area contributed by atoms with Crippen LogP contribution in [0.5, 0.6) is 0 Å². The molecule has 23 heavy (non-hydrogen) atoms. The molecule has 3 rings (SSSR count). The van der Waals surface area contributed by atoms with Crippen molar-refractivity contribution < 1.29 is 31.8 Å². The highest BCUT2D eigenvalue weighted by atomic mass is 32.2. The third kappa shape index (κ3) is 2.75. The number of methoxy groups -OCH3 is 1. The predicted molar refractivity (Wildman–Crippen MR) is 75.0 cm³/mol. The summed E-state index contributed by atoms with van der Waals surface area (Å²) in [6, 6.07) is -1.46. The van der Waals surface area contributed by atoms with Crippen molar-refractivity contribution in [2.75, 3.05) is 13.7 Å². The molecule has 0 aromatic carbocycles. The number of ether oxygens (including phenoxy) is 1. The zero-order valence-electron chi connectivity index (χ0n) is 12.6. The molecule has 0 radical (unpaired) electrons. The first-order valence-electron chi connectivity index (χ1n) is 7.57. The molecule has 3 aliphatic rings. The minimum absolute atomic E-state index is 0.104. The first-order valence-corrected chi connectivity index (χ1v) is 9.01. The van der Waals surface area contributed by atoms with Gasteiger partial charge in [0.05, 0.1) is 24.8 Å². The highest BCUT2D eigenvalue weighted by Crippen LogP contribution is 2.46. The number of aliphatic hydroxyl groups is 1. The summed E-state index contributed by atoms with van der Waals surface area (Å²) in [4.78, 5) is 11.3. The fourth-order valence-corrected chi connectivity index (χ4v) is 5.50. The van der Waals surface area contributed by atoms with E-state index in [9.17, 15) is 22.7 Å². The number of halogens is 2. The van der Waals surface area contributed by atoms with Crippen LogP contribution in [0.2, 0.25) is 0 Å². The zero-order valence-corrected chi connectivity index (χ0v) is 13.4. The van der Waals surface area contributed by atoms with Gasteiger partial charge in [-0.3, -0.25) is 4.79 Å². The van der Waals surface area contributed by atoms with E-state index in [0.717, 1.165) is 0 Å². The molecule has 2 saturated carbocycles. The van der Waals surface area contributed by atoms with Crippen LogP contribution in [0.25, 0.3) is 0 Å². The second-order valence-electron chi connectivity index (χ2n) is 6.45. The van der Waals surface area contributed by atoms with E-state index < -0.39 is 59.2 Å². The van der Waals surface area contributed by atoms with Crippen molar-refractivity contribution in [2.45, 2.75) is 49.9 Å². The normalized spacial score (nSPS) is 47.1. The molecule has 2 aliphatic carbocycles. The van der Waals surface area contributed by atoms with Crippen molar-refractivity contribution in [3.05, 3.63) is 0 Å². The minimum Gasteiger partial charge on any atom is -0.391 e. The first kappa shape index (κ1) is 17.0. The summed E-state index contributed by atoms with van der Waals surface area (Å²) in [5.41, 5.74) is 0. The van der Waals surface area contributed by atoms with Crippen LogP contribution in [0.4, 0.5) is 8.78 Å². The quantitative estimate of drug-likeness (QED) is 0.698. The van der Waals surface area contributed by atoms with Gasteiger partial charge in [0, 0.05) is 13.0 Å². The maximum Gasteiger partial charge on any atom is 0.304 e. The fraction of sp³-hybridized carbons (Fsp3) is 0.923. The van der Waals surface area contributed by atoms with Crippen molar-refractivity contribution in [3.8, 4) is 0 Å². The van der Waals surface area contributed by atoms with Crippen molar-refractivity contribution in [3.63, 3.8) is 0 Å². The molecule has 7 nitrogen and oxygen atoms in total. The van der Waals surface area contributed by atoms with E-state index in [4.69, 9.17) is 4.74 Å². The number of rotatable bonds is 2. The molecular formula is C13H20F2N2O5S. The fourth-order valence-electron chi connectivity index (χ4n) is 4.16. The molecule has 10 heteroatoms. The number of hydrogen-bond donors (Lipinski definition) is 2. The molecule has 0 aromatic heterocycles. The molecular weight excluding hydrogens is 334 g/mol. The molecule has 7 unspecified atom stereocenters. The Bertz CT molecular complexity index is 587. The summed E-state index contributed by atoms with van der Waals surface area (Å²) in [7, 11) is -2.84. The van der Waals surface area contributed by atoms with E-state index in [0.29, 0.717) is 17.1 Å². The highest BCUT2D eigenvalue weighted by Gasteiger charge is 2.56. The number of fused-ring (bicyclic) bond motifs is 1. The summed E-state index contributed by atoms with van der Waals surface area (Å²) in [5, 5.41) is 10.2. The maximum absolute atomic E-state index is 15.0. The van der Waals surface area contributed by atoms with Crippen LogP contribution in [-0.2, 0) is 19.7 Å². The van der Waals surface area contributed by atoms with Crippen LogP contribution in [0, 0.1) is 11.8 Å². The van der Waals surface area contributed by atoms with Crippen LogP contribution in [0.3, 0.4) is 0 Å². The number of amides is 1. The maximum atomic E-state index is 15.0. The minimum atomic E-state index is -4.20. The molecule has 2 N–H and O–H groups in total. The Kier molecular flexibility index (Phi) is 4.36. The van der Waals surface area contributed by atoms with Gasteiger partial charge in [-0.05, 0) is 25.2 Å². The van der Waals surface area contributed by atoms with E-state index in [-0.39, 0.29) is 12.3 Å². The van der Waals surface area contributed by atoms with Crippen LogP contribution in [0.1, 0.15) is 19.3 Å². The molecule has 0 aromatic rings. The lowest BCUT2D eigenvalue weighted by atomic mass is 9.65. The lowest BCUT2D eigenvalue weighted by molar-refractivity contribution is -0.129. The monoisotopic (exact) mass is 354 g/mol. The van der Waals surface area contributed by atoms with Crippen molar-refractivity contribution in [1.29, 1.82) is 0 Å². The van der Waals surface area contributed by atoms with E-state index in [1.165, 1.54) is 7.11 Å². The van der Waals surface area contributed by atoms with Gasteiger partial charge in [-0.2, -0.15) is 12.7 Å². The topological polar surface area (TPSA) is 95.9 Å². The summed E-state index contributed by atoms with van der Waals surface area (Å²) in [6.45, 7) is -0.563. The third-order valence-corrected chi connectivity index (χ3v) is 6.68. The largest absolute Gasteiger partial charge is 0.391 e. The lowest BCUT2D eigenvalue weighted by Gasteiger charge is -2.48. The number of carbonyl (C=O) groups is 1. The number of hydrogen-bond acceptors (Lipinski definition) is 5. The average molecular weight is 354 g/mol. The van der Waals surface area contributed by atoms with E-state index >= 15 is 4.39 Å².